The summed E-state index contributed by atoms with van der Waals surface area (Å²) in [7, 11) is 0. The molecule has 82 valence electrons. The molecular formula is C11H22N2O. The molecule has 14 heavy (non-hydrogen) atoms. The lowest BCUT2D eigenvalue weighted by Crippen LogP contribution is -2.45. The molecule has 1 aliphatic heterocycles. The van der Waals surface area contributed by atoms with Crippen LogP contribution in [0.2, 0.25) is 0 Å². The number of rotatable bonds is 2. The van der Waals surface area contributed by atoms with Crippen molar-refractivity contribution in [2.24, 2.45) is 0 Å². The van der Waals surface area contributed by atoms with E-state index in [1.165, 1.54) is 19.3 Å². The van der Waals surface area contributed by atoms with Crippen molar-refractivity contribution in [3.05, 3.63) is 0 Å². The summed E-state index contributed by atoms with van der Waals surface area (Å²) in [5, 5.41) is 2.89. The topological polar surface area (TPSA) is 32.3 Å². The van der Waals surface area contributed by atoms with Gasteiger partial charge < -0.3 is 10.2 Å². The SMILES string of the molecule is CCNC(=O)N1CCCCCC1CC. The molecule has 0 saturated carbocycles. The van der Waals surface area contributed by atoms with Crippen LogP contribution < -0.4 is 5.32 Å². The Bertz CT molecular complexity index is 182. The molecule has 1 rings (SSSR count). The van der Waals surface area contributed by atoms with E-state index < -0.39 is 0 Å². The molecule has 1 atom stereocenters. The Morgan fingerprint density at radius 3 is 2.79 bits per heavy atom. The number of carbonyl (C=O) groups is 1. The van der Waals surface area contributed by atoms with Crippen LogP contribution in [0.4, 0.5) is 4.79 Å². The van der Waals surface area contributed by atoms with Gasteiger partial charge >= 0.3 is 6.03 Å². The van der Waals surface area contributed by atoms with Gasteiger partial charge in [-0.15, -0.1) is 0 Å². The van der Waals surface area contributed by atoms with Crippen LogP contribution in [-0.2, 0) is 0 Å². The minimum atomic E-state index is 0.126. The Kier molecular flexibility index (Phi) is 4.77. The highest BCUT2D eigenvalue weighted by Crippen LogP contribution is 2.18. The maximum absolute atomic E-state index is 11.7. The van der Waals surface area contributed by atoms with Crippen molar-refractivity contribution in [3.8, 4) is 0 Å². The van der Waals surface area contributed by atoms with Crippen LogP contribution in [0.3, 0.4) is 0 Å². The zero-order valence-corrected chi connectivity index (χ0v) is 9.38. The Morgan fingerprint density at radius 1 is 1.36 bits per heavy atom. The van der Waals surface area contributed by atoms with Gasteiger partial charge in [-0.25, -0.2) is 4.79 Å². The lowest BCUT2D eigenvalue weighted by Gasteiger charge is -2.29. The molecule has 1 heterocycles. The summed E-state index contributed by atoms with van der Waals surface area (Å²) in [6.07, 6.45) is 5.96. The summed E-state index contributed by atoms with van der Waals surface area (Å²) >= 11 is 0. The smallest absolute Gasteiger partial charge is 0.317 e. The third-order valence-corrected chi connectivity index (χ3v) is 2.94. The Hall–Kier alpha value is -0.730. The molecule has 0 aromatic carbocycles. The van der Waals surface area contributed by atoms with Gasteiger partial charge in [-0.2, -0.15) is 0 Å². The van der Waals surface area contributed by atoms with Crippen LogP contribution in [0.15, 0.2) is 0 Å². The van der Waals surface area contributed by atoms with Crippen LogP contribution in [0, 0.1) is 0 Å². The van der Waals surface area contributed by atoms with Crippen LogP contribution in [0.1, 0.15) is 46.0 Å². The van der Waals surface area contributed by atoms with Gasteiger partial charge in [0.05, 0.1) is 0 Å². The van der Waals surface area contributed by atoms with Gasteiger partial charge in [-0.1, -0.05) is 19.8 Å². The van der Waals surface area contributed by atoms with E-state index in [0.717, 1.165) is 25.9 Å². The number of hydrogen-bond donors (Lipinski definition) is 1. The molecule has 1 aliphatic rings. The Labute approximate surface area is 86.9 Å². The van der Waals surface area contributed by atoms with Crippen molar-refractivity contribution in [3.63, 3.8) is 0 Å². The van der Waals surface area contributed by atoms with Crippen molar-refractivity contribution in [1.82, 2.24) is 10.2 Å². The molecule has 2 amide bonds. The maximum Gasteiger partial charge on any atom is 0.317 e. The number of nitrogens with zero attached hydrogens (tertiary/aromatic N) is 1. The van der Waals surface area contributed by atoms with Crippen LogP contribution >= 0.6 is 0 Å². The largest absolute Gasteiger partial charge is 0.338 e. The molecule has 1 saturated heterocycles. The first-order chi connectivity index (χ1) is 6.79. The standard InChI is InChI=1S/C11H22N2O/c1-3-10-8-6-5-7-9-13(10)11(14)12-4-2/h10H,3-9H2,1-2H3,(H,12,14). The third-order valence-electron chi connectivity index (χ3n) is 2.94. The van der Waals surface area contributed by atoms with Crippen molar-refractivity contribution in [2.45, 2.75) is 52.0 Å². The van der Waals surface area contributed by atoms with Crippen molar-refractivity contribution >= 4 is 6.03 Å². The number of urea groups is 1. The third kappa shape index (κ3) is 2.89. The molecule has 1 fully saturated rings. The molecule has 1 unspecified atom stereocenters. The zero-order valence-electron chi connectivity index (χ0n) is 9.38. The summed E-state index contributed by atoms with van der Waals surface area (Å²) in [4.78, 5) is 13.8. The van der Waals surface area contributed by atoms with Crippen LogP contribution in [0.5, 0.6) is 0 Å². The molecule has 0 aromatic heterocycles. The lowest BCUT2D eigenvalue weighted by atomic mass is 10.1. The van der Waals surface area contributed by atoms with Crippen molar-refractivity contribution in [2.75, 3.05) is 13.1 Å². The van der Waals surface area contributed by atoms with Gasteiger partial charge in [0.1, 0.15) is 0 Å². The van der Waals surface area contributed by atoms with Crippen LogP contribution in [-0.4, -0.2) is 30.1 Å². The summed E-state index contributed by atoms with van der Waals surface area (Å²) in [5.74, 6) is 0. The second kappa shape index (κ2) is 5.89. The fourth-order valence-electron chi connectivity index (χ4n) is 2.12. The highest BCUT2D eigenvalue weighted by Gasteiger charge is 2.23. The number of hydrogen-bond acceptors (Lipinski definition) is 1. The predicted octanol–water partition coefficient (Wildman–Crippen LogP) is 2.37. The van der Waals surface area contributed by atoms with Gasteiger partial charge in [0, 0.05) is 19.1 Å². The van der Waals surface area contributed by atoms with Gasteiger partial charge in [0.2, 0.25) is 0 Å². The van der Waals surface area contributed by atoms with E-state index in [-0.39, 0.29) is 6.03 Å². The molecule has 3 heteroatoms. The minimum absolute atomic E-state index is 0.126. The molecule has 0 aromatic rings. The summed E-state index contributed by atoms with van der Waals surface area (Å²) < 4.78 is 0. The molecule has 0 spiro atoms. The Balaban J connectivity index is 2.55. The first kappa shape index (κ1) is 11.3. The fourth-order valence-corrected chi connectivity index (χ4v) is 2.12. The van der Waals surface area contributed by atoms with Gasteiger partial charge in [0.15, 0.2) is 0 Å². The van der Waals surface area contributed by atoms with E-state index in [2.05, 4.69) is 12.2 Å². The van der Waals surface area contributed by atoms with E-state index in [9.17, 15) is 4.79 Å². The van der Waals surface area contributed by atoms with Crippen molar-refractivity contribution < 1.29 is 4.79 Å². The van der Waals surface area contributed by atoms with Crippen molar-refractivity contribution in [1.29, 1.82) is 0 Å². The fraction of sp³-hybridized carbons (Fsp3) is 0.909. The molecule has 1 N–H and O–H groups in total. The summed E-state index contributed by atoms with van der Waals surface area (Å²) in [6, 6.07) is 0.588. The quantitative estimate of drug-likeness (QED) is 0.726. The Morgan fingerprint density at radius 2 is 2.14 bits per heavy atom. The normalized spacial score (nSPS) is 23.0. The van der Waals surface area contributed by atoms with Gasteiger partial charge in [-0.05, 0) is 26.2 Å². The number of carbonyl (C=O) groups excluding carboxylic acids is 1. The molecule has 0 bridgehead atoms. The highest BCUT2D eigenvalue weighted by molar-refractivity contribution is 5.74. The first-order valence-corrected chi connectivity index (χ1v) is 5.84. The van der Waals surface area contributed by atoms with E-state index in [1.54, 1.807) is 0 Å². The molecule has 0 radical (unpaired) electrons. The van der Waals surface area contributed by atoms with E-state index in [1.807, 2.05) is 11.8 Å². The number of likely N-dealkylation sites (tertiary alicyclic amines) is 1. The monoisotopic (exact) mass is 198 g/mol. The minimum Gasteiger partial charge on any atom is -0.338 e. The maximum atomic E-state index is 11.7. The first-order valence-electron chi connectivity index (χ1n) is 5.84. The number of amides is 2. The van der Waals surface area contributed by atoms with E-state index in [4.69, 9.17) is 0 Å². The second-order valence-corrected chi connectivity index (χ2v) is 3.94. The zero-order chi connectivity index (χ0) is 10.4. The summed E-state index contributed by atoms with van der Waals surface area (Å²) in [5.41, 5.74) is 0. The average molecular weight is 198 g/mol. The van der Waals surface area contributed by atoms with Crippen LogP contribution in [0.25, 0.3) is 0 Å². The van der Waals surface area contributed by atoms with Gasteiger partial charge in [0.25, 0.3) is 0 Å². The second-order valence-electron chi connectivity index (χ2n) is 3.94. The van der Waals surface area contributed by atoms with E-state index >= 15 is 0 Å². The average Bonchev–Trinajstić information content (AvgIpc) is 2.42. The molecule has 0 aliphatic carbocycles. The lowest BCUT2D eigenvalue weighted by molar-refractivity contribution is 0.174. The molecular weight excluding hydrogens is 176 g/mol. The highest BCUT2D eigenvalue weighted by atomic mass is 16.2. The number of nitrogens with one attached hydrogen (secondary N) is 1. The predicted molar refractivity (Wildman–Crippen MR) is 58.3 cm³/mol. The molecule has 3 nitrogen and oxygen atoms in total. The van der Waals surface area contributed by atoms with Gasteiger partial charge in [-0.3, -0.25) is 0 Å². The summed E-state index contributed by atoms with van der Waals surface area (Å²) in [6.45, 7) is 5.80. The van der Waals surface area contributed by atoms with E-state index in [0.29, 0.717) is 6.04 Å².